The highest BCUT2D eigenvalue weighted by Crippen LogP contribution is 2.17. The van der Waals surface area contributed by atoms with Crippen molar-refractivity contribution in [3.05, 3.63) is 29.8 Å². The van der Waals surface area contributed by atoms with Gasteiger partial charge in [0.25, 0.3) is 0 Å². The van der Waals surface area contributed by atoms with E-state index in [0.717, 1.165) is 4.90 Å². The second kappa shape index (κ2) is 10.4. The minimum Gasteiger partial charge on any atom is -0.497 e. The van der Waals surface area contributed by atoms with Crippen molar-refractivity contribution >= 4 is 23.8 Å². The fourth-order valence-electron chi connectivity index (χ4n) is 2.55. The number of ketones is 1. The number of carbonyl (C=O) groups excluding carboxylic acids is 3. The summed E-state index contributed by atoms with van der Waals surface area (Å²) in [6, 6.07) is 5.10. The van der Waals surface area contributed by atoms with E-state index in [4.69, 9.17) is 15.2 Å². The quantitative estimate of drug-likeness (QED) is 0.566. The Balaban J connectivity index is 2.86. The van der Waals surface area contributed by atoms with Gasteiger partial charge in [-0.05, 0) is 51.5 Å². The van der Waals surface area contributed by atoms with Gasteiger partial charge in [-0.1, -0.05) is 0 Å². The van der Waals surface area contributed by atoms with Crippen molar-refractivity contribution in [1.29, 1.82) is 0 Å². The smallest absolute Gasteiger partial charge is 0.411 e. The fourth-order valence-corrected chi connectivity index (χ4v) is 2.55. The van der Waals surface area contributed by atoms with Gasteiger partial charge in [-0.3, -0.25) is 14.5 Å². The summed E-state index contributed by atoms with van der Waals surface area (Å²) in [7, 11) is 1.52. The van der Waals surface area contributed by atoms with Crippen LogP contribution in [0.3, 0.4) is 0 Å². The molecule has 1 aromatic rings. The number of Topliss-reactive ketones (excluding diaryl/α,β-unsaturated/α-hetero) is 1. The molecular weight excluding hydrogens is 380 g/mol. The van der Waals surface area contributed by atoms with Crippen LogP contribution in [0, 0.1) is 0 Å². The van der Waals surface area contributed by atoms with Crippen molar-refractivity contribution in [2.45, 2.75) is 51.7 Å². The van der Waals surface area contributed by atoms with Crippen LogP contribution in [0.2, 0.25) is 0 Å². The molecule has 0 aliphatic rings. The van der Waals surface area contributed by atoms with Crippen molar-refractivity contribution in [3.63, 3.8) is 0 Å². The molecule has 2 amide bonds. The first kappa shape index (κ1) is 23.9. The van der Waals surface area contributed by atoms with Crippen LogP contribution < -0.4 is 10.5 Å². The maximum Gasteiger partial charge on any atom is 0.411 e. The number of hydrogen-bond donors (Lipinski definition) is 2. The van der Waals surface area contributed by atoms with Gasteiger partial charge in [0.2, 0.25) is 5.91 Å². The molecule has 29 heavy (non-hydrogen) atoms. The third-order valence-corrected chi connectivity index (χ3v) is 3.90. The molecule has 0 fully saturated rings. The Morgan fingerprint density at radius 2 is 1.72 bits per heavy atom. The number of nitrogens with two attached hydrogens (primary N) is 1. The molecule has 0 bridgehead atoms. The van der Waals surface area contributed by atoms with Crippen molar-refractivity contribution in [1.82, 2.24) is 4.90 Å². The molecule has 9 nitrogen and oxygen atoms in total. The van der Waals surface area contributed by atoms with Crippen LogP contribution in [0.4, 0.5) is 4.79 Å². The summed E-state index contributed by atoms with van der Waals surface area (Å²) in [5.41, 5.74) is 4.74. The first-order chi connectivity index (χ1) is 13.4. The van der Waals surface area contributed by atoms with E-state index in [1.165, 1.54) is 7.11 Å². The molecule has 0 heterocycles. The maximum absolute atomic E-state index is 12.5. The molecule has 0 aliphatic heterocycles. The van der Waals surface area contributed by atoms with Crippen LogP contribution in [-0.4, -0.2) is 59.1 Å². The number of nitrogens with zero attached hydrogens (tertiary/aromatic N) is 1. The van der Waals surface area contributed by atoms with Gasteiger partial charge < -0.3 is 20.3 Å². The third kappa shape index (κ3) is 8.20. The van der Waals surface area contributed by atoms with Crippen LogP contribution in [-0.2, 0) is 14.3 Å². The Kier molecular flexibility index (Phi) is 8.62. The number of carbonyl (C=O) groups is 4. The summed E-state index contributed by atoms with van der Waals surface area (Å²) >= 11 is 0. The zero-order valence-electron chi connectivity index (χ0n) is 17.1. The minimum atomic E-state index is -1.47. The second-order valence-corrected chi connectivity index (χ2v) is 7.45. The molecule has 0 saturated carbocycles. The minimum absolute atomic E-state index is 0.0779. The lowest BCUT2D eigenvalue weighted by Gasteiger charge is -2.31. The van der Waals surface area contributed by atoms with E-state index < -0.39 is 36.0 Å². The van der Waals surface area contributed by atoms with Crippen molar-refractivity contribution in [2.24, 2.45) is 5.73 Å². The van der Waals surface area contributed by atoms with Crippen LogP contribution in [0.5, 0.6) is 5.75 Å². The van der Waals surface area contributed by atoms with Crippen LogP contribution in [0.15, 0.2) is 24.3 Å². The molecule has 1 rings (SSSR count). The third-order valence-electron chi connectivity index (χ3n) is 3.90. The zero-order valence-corrected chi connectivity index (χ0v) is 17.1. The largest absolute Gasteiger partial charge is 0.497 e. The van der Waals surface area contributed by atoms with Gasteiger partial charge in [-0.15, -0.1) is 0 Å². The number of carboxylic acids is 1. The average Bonchev–Trinajstić information content (AvgIpc) is 2.61. The van der Waals surface area contributed by atoms with E-state index >= 15 is 0 Å². The molecule has 0 spiro atoms. The van der Waals surface area contributed by atoms with Crippen LogP contribution in [0.1, 0.15) is 50.4 Å². The highest BCUT2D eigenvalue weighted by atomic mass is 16.6. The number of amides is 2. The molecule has 0 radical (unpaired) electrons. The monoisotopic (exact) mass is 408 g/mol. The molecule has 3 N–H and O–H groups in total. The summed E-state index contributed by atoms with van der Waals surface area (Å²) < 4.78 is 10.3. The molecule has 0 unspecified atom stereocenters. The van der Waals surface area contributed by atoms with Gasteiger partial charge in [0.05, 0.1) is 13.5 Å². The van der Waals surface area contributed by atoms with Crippen LogP contribution >= 0.6 is 0 Å². The lowest BCUT2D eigenvalue weighted by Crippen LogP contribution is -2.49. The van der Waals surface area contributed by atoms with E-state index in [1.807, 2.05) is 0 Å². The Morgan fingerprint density at radius 3 is 2.17 bits per heavy atom. The zero-order chi connectivity index (χ0) is 22.2. The lowest BCUT2D eigenvalue weighted by molar-refractivity contribution is -0.145. The van der Waals surface area contributed by atoms with E-state index in [-0.39, 0.29) is 25.2 Å². The van der Waals surface area contributed by atoms with Crippen molar-refractivity contribution in [3.8, 4) is 5.75 Å². The molecule has 0 aliphatic carbocycles. The lowest BCUT2D eigenvalue weighted by atomic mass is 10.1. The highest BCUT2D eigenvalue weighted by molar-refractivity contribution is 5.96. The molecule has 1 aromatic carbocycles. The standard InChI is InChI=1S/C20H28N2O7/c1-20(2,3)29-19(27)22(15(18(25)26)12-17(21)24)11-5-6-16(23)13-7-9-14(28-4)10-8-13/h7-10,15H,5-6,11-12H2,1-4H3,(H2,21,24)(H,25,26)/t15-/m1/s1. The summed E-state index contributed by atoms with van der Waals surface area (Å²) in [5, 5.41) is 9.44. The highest BCUT2D eigenvalue weighted by Gasteiger charge is 2.34. The first-order valence-electron chi connectivity index (χ1n) is 9.12. The number of aliphatic carboxylic acids is 1. The molecule has 160 valence electrons. The molecule has 9 heteroatoms. The number of ether oxygens (including phenoxy) is 2. The van der Waals surface area contributed by atoms with E-state index in [0.29, 0.717) is 11.3 Å². The number of benzene rings is 1. The van der Waals surface area contributed by atoms with Gasteiger partial charge in [-0.25, -0.2) is 9.59 Å². The second-order valence-electron chi connectivity index (χ2n) is 7.45. The molecule has 0 saturated heterocycles. The molecular formula is C20H28N2O7. The van der Waals surface area contributed by atoms with E-state index in [2.05, 4.69) is 0 Å². The number of rotatable bonds is 10. The number of primary amides is 1. The number of carboxylic acid groups (broad SMARTS) is 1. The summed E-state index contributed by atoms with van der Waals surface area (Å²) in [6.07, 6.45) is -1.18. The number of hydrogen-bond acceptors (Lipinski definition) is 6. The first-order valence-corrected chi connectivity index (χ1v) is 9.12. The van der Waals surface area contributed by atoms with Crippen molar-refractivity contribution < 1.29 is 33.8 Å². The predicted molar refractivity (Wildman–Crippen MR) is 105 cm³/mol. The average molecular weight is 408 g/mol. The van der Waals surface area contributed by atoms with Gasteiger partial charge >= 0.3 is 12.1 Å². The normalized spacial score (nSPS) is 12.0. The maximum atomic E-state index is 12.5. The van der Waals surface area contributed by atoms with E-state index in [1.54, 1.807) is 45.0 Å². The van der Waals surface area contributed by atoms with E-state index in [9.17, 15) is 24.3 Å². The Hall–Kier alpha value is -3.10. The topological polar surface area (TPSA) is 136 Å². The summed E-state index contributed by atoms with van der Waals surface area (Å²) in [6.45, 7) is 4.83. The summed E-state index contributed by atoms with van der Waals surface area (Å²) in [5.74, 6) is -1.79. The van der Waals surface area contributed by atoms with Crippen molar-refractivity contribution in [2.75, 3.05) is 13.7 Å². The SMILES string of the molecule is COc1ccc(C(=O)CCCN(C(=O)OC(C)(C)C)[C@H](CC(N)=O)C(=O)O)cc1. The van der Waals surface area contributed by atoms with Gasteiger partial charge in [-0.2, -0.15) is 0 Å². The van der Waals surface area contributed by atoms with Crippen LogP contribution in [0.25, 0.3) is 0 Å². The number of methoxy groups -OCH3 is 1. The molecule has 0 aromatic heterocycles. The van der Waals surface area contributed by atoms with Gasteiger partial charge in [0.15, 0.2) is 5.78 Å². The van der Waals surface area contributed by atoms with Gasteiger partial charge in [0, 0.05) is 18.5 Å². The molecule has 1 atom stereocenters. The summed E-state index contributed by atoms with van der Waals surface area (Å²) in [4.78, 5) is 48.6. The Morgan fingerprint density at radius 1 is 1.14 bits per heavy atom. The Labute approximate surface area is 169 Å². The van der Waals surface area contributed by atoms with Gasteiger partial charge in [0.1, 0.15) is 17.4 Å². The Bertz CT molecular complexity index is 738. The predicted octanol–water partition coefficient (Wildman–Crippen LogP) is 2.22. The fraction of sp³-hybridized carbons (Fsp3) is 0.500.